The van der Waals surface area contributed by atoms with Gasteiger partial charge in [0.05, 0.1) is 24.4 Å². The van der Waals surface area contributed by atoms with Crippen molar-refractivity contribution in [1.29, 1.82) is 0 Å². The van der Waals surface area contributed by atoms with Gasteiger partial charge in [-0.1, -0.05) is 0 Å². The molecule has 22 heavy (non-hydrogen) atoms. The van der Waals surface area contributed by atoms with E-state index in [1.54, 1.807) is 18.0 Å². The molecule has 0 unspecified atom stereocenters. The Morgan fingerprint density at radius 1 is 1.09 bits per heavy atom. The van der Waals surface area contributed by atoms with Crippen molar-refractivity contribution in [3.63, 3.8) is 0 Å². The second kappa shape index (κ2) is 5.80. The van der Waals surface area contributed by atoms with Crippen molar-refractivity contribution in [2.24, 2.45) is 0 Å². The smallest absolute Gasteiger partial charge is 0.399 e. The van der Waals surface area contributed by atoms with Crippen LogP contribution in [0.2, 0.25) is 0 Å². The average Bonchev–Trinajstić information content (AvgIpc) is 3.05. The first kappa shape index (κ1) is 16.3. The van der Waals surface area contributed by atoms with Crippen LogP contribution in [0.3, 0.4) is 0 Å². The maximum Gasteiger partial charge on any atom is 0.496 e. The molecule has 0 atom stereocenters. The van der Waals surface area contributed by atoms with E-state index >= 15 is 0 Å². The minimum Gasteiger partial charge on any atom is -0.399 e. The molecule has 0 amide bonds. The van der Waals surface area contributed by atoms with Crippen LogP contribution in [-0.2, 0) is 18.8 Å². The maximum atomic E-state index is 6.17. The summed E-state index contributed by atoms with van der Waals surface area (Å²) < 4.78 is 23.8. The number of pyridine rings is 1. The second-order valence-corrected chi connectivity index (χ2v) is 7.35. The number of aromatic nitrogens is 1. The van der Waals surface area contributed by atoms with Crippen LogP contribution in [0.5, 0.6) is 0 Å². The molecule has 0 bridgehead atoms. The number of thioether (sulfide) groups is 1. The molecule has 2 fully saturated rings. The zero-order valence-electron chi connectivity index (χ0n) is 13.7. The van der Waals surface area contributed by atoms with Crippen molar-refractivity contribution in [2.75, 3.05) is 19.5 Å². The molecule has 0 radical (unpaired) electrons. The van der Waals surface area contributed by atoms with E-state index < -0.39 is 7.12 Å². The Morgan fingerprint density at radius 2 is 1.68 bits per heavy atom. The van der Waals surface area contributed by atoms with Crippen LogP contribution in [0.4, 0.5) is 0 Å². The lowest BCUT2D eigenvalue weighted by atomic mass is 9.77. The fraction of sp³-hybridized carbons (Fsp3) is 0.667. The van der Waals surface area contributed by atoms with Crippen molar-refractivity contribution in [2.45, 2.75) is 50.1 Å². The highest BCUT2D eigenvalue weighted by molar-refractivity contribution is 7.98. The molecule has 0 N–H and O–H groups in total. The van der Waals surface area contributed by atoms with E-state index in [4.69, 9.17) is 18.8 Å². The molecule has 5 nitrogen and oxygen atoms in total. The molecule has 0 saturated carbocycles. The van der Waals surface area contributed by atoms with Crippen LogP contribution in [0, 0.1) is 0 Å². The molecule has 3 heterocycles. The molecular formula is C15H22BNO4S. The summed E-state index contributed by atoms with van der Waals surface area (Å²) in [7, 11) is -0.465. The summed E-state index contributed by atoms with van der Waals surface area (Å²) in [6.07, 6.45) is 5.27. The van der Waals surface area contributed by atoms with Crippen LogP contribution >= 0.6 is 11.8 Å². The van der Waals surface area contributed by atoms with Gasteiger partial charge in [-0.05, 0) is 34.0 Å². The van der Waals surface area contributed by atoms with Crippen LogP contribution in [-0.4, -0.2) is 42.8 Å². The lowest BCUT2D eigenvalue weighted by molar-refractivity contribution is -0.0454. The Morgan fingerprint density at radius 3 is 2.23 bits per heavy atom. The molecule has 2 saturated heterocycles. The summed E-state index contributed by atoms with van der Waals surface area (Å²) in [4.78, 5) is 5.36. The first-order valence-corrected chi connectivity index (χ1v) is 8.69. The number of nitrogens with zero attached hydrogens (tertiary/aromatic N) is 1. The van der Waals surface area contributed by atoms with Crippen molar-refractivity contribution < 1.29 is 18.8 Å². The molecule has 0 aliphatic carbocycles. The summed E-state index contributed by atoms with van der Waals surface area (Å²) in [6.45, 7) is 9.37. The molecule has 1 aromatic heterocycles. The topological polar surface area (TPSA) is 49.8 Å². The third-order valence-electron chi connectivity index (χ3n) is 4.57. The monoisotopic (exact) mass is 323 g/mol. The molecular weight excluding hydrogens is 301 g/mol. The number of rotatable bonds is 3. The summed E-state index contributed by atoms with van der Waals surface area (Å²) in [6, 6.07) is 0. The number of hydrogen-bond donors (Lipinski definition) is 0. The van der Waals surface area contributed by atoms with Gasteiger partial charge in [0.2, 0.25) is 0 Å². The Kier molecular flexibility index (Phi) is 4.29. The lowest BCUT2D eigenvalue weighted by Crippen LogP contribution is -2.41. The number of hydrogen-bond acceptors (Lipinski definition) is 6. The molecule has 2 aliphatic heterocycles. The normalized spacial score (nSPS) is 24.1. The molecule has 0 spiro atoms. The molecule has 0 aromatic carbocycles. The zero-order chi connectivity index (χ0) is 16.0. The highest BCUT2D eigenvalue weighted by Crippen LogP contribution is 2.38. The zero-order valence-corrected chi connectivity index (χ0v) is 14.5. The number of ether oxygens (including phenoxy) is 2. The van der Waals surface area contributed by atoms with E-state index in [1.807, 2.05) is 40.1 Å². The lowest BCUT2D eigenvalue weighted by Gasteiger charge is -2.32. The molecule has 2 aliphatic rings. The van der Waals surface area contributed by atoms with Gasteiger partial charge >= 0.3 is 7.12 Å². The highest BCUT2D eigenvalue weighted by Gasteiger charge is 2.53. The minimum absolute atomic E-state index is 0.375. The summed E-state index contributed by atoms with van der Waals surface area (Å²) in [5.41, 5.74) is 1.08. The van der Waals surface area contributed by atoms with E-state index in [1.165, 1.54) is 0 Å². The summed E-state index contributed by atoms with van der Waals surface area (Å²) >= 11 is 1.62. The third kappa shape index (κ3) is 2.69. The SMILES string of the molecule is CSc1cncc(B2OC(C)(C)C(C)(C)O2)c1C1OCCO1. The van der Waals surface area contributed by atoms with Crippen molar-refractivity contribution in [3.8, 4) is 0 Å². The molecule has 7 heteroatoms. The van der Waals surface area contributed by atoms with Gasteiger partial charge in [0.25, 0.3) is 0 Å². The van der Waals surface area contributed by atoms with Gasteiger partial charge in [-0.3, -0.25) is 4.98 Å². The van der Waals surface area contributed by atoms with Crippen LogP contribution in [0.1, 0.15) is 39.5 Å². The van der Waals surface area contributed by atoms with Gasteiger partial charge in [0.15, 0.2) is 6.29 Å². The van der Waals surface area contributed by atoms with Crippen LogP contribution in [0.25, 0.3) is 0 Å². The third-order valence-corrected chi connectivity index (χ3v) is 5.33. The van der Waals surface area contributed by atoms with Gasteiger partial charge < -0.3 is 18.8 Å². The predicted molar refractivity (Wildman–Crippen MR) is 86.4 cm³/mol. The van der Waals surface area contributed by atoms with E-state index in [9.17, 15) is 0 Å². The molecule has 1 aromatic rings. The fourth-order valence-electron chi connectivity index (χ4n) is 2.56. The maximum absolute atomic E-state index is 6.17. The average molecular weight is 323 g/mol. The predicted octanol–water partition coefficient (Wildman–Crippen LogP) is 2.15. The van der Waals surface area contributed by atoms with Gasteiger partial charge in [0.1, 0.15) is 0 Å². The second-order valence-electron chi connectivity index (χ2n) is 6.51. The van der Waals surface area contributed by atoms with Crippen molar-refractivity contribution >= 4 is 24.3 Å². The Balaban J connectivity index is 2.01. The van der Waals surface area contributed by atoms with Crippen molar-refractivity contribution in [3.05, 3.63) is 18.0 Å². The first-order valence-electron chi connectivity index (χ1n) is 7.46. The van der Waals surface area contributed by atoms with Gasteiger partial charge in [-0.15, -0.1) is 11.8 Å². The summed E-state index contributed by atoms with van der Waals surface area (Å²) in [5, 5.41) is 0. The van der Waals surface area contributed by atoms with Crippen LogP contribution < -0.4 is 5.46 Å². The first-order chi connectivity index (χ1) is 10.4. The van der Waals surface area contributed by atoms with Gasteiger partial charge in [-0.2, -0.15) is 0 Å². The largest absolute Gasteiger partial charge is 0.496 e. The Hall–Kier alpha value is -0.595. The van der Waals surface area contributed by atoms with Gasteiger partial charge in [-0.25, -0.2) is 0 Å². The van der Waals surface area contributed by atoms with Crippen molar-refractivity contribution in [1.82, 2.24) is 4.98 Å². The standard InChI is InChI=1S/C15H22BNO4S/c1-14(2)15(3,4)21-16(20-14)10-8-17-9-11(22-5)12(10)13-18-6-7-19-13/h8-9,13H,6-7H2,1-5H3. The fourth-order valence-corrected chi connectivity index (χ4v) is 3.16. The quantitative estimate of drug-likeness (QED) is 0.627. The van der Waals surface area contributed by atoms with Crippen LogP contribution in [0.15, 0.2) is 17.3 Å². The molecule has 120 valence electrons. The Labute approximate surface area is 136 Å². The summed E-state index contributed by atoms with van der Waals surface area (Å²) in [5.74, 6) is 0. The highest BCUT2D eigenvalue weighted by atomic mass is 32.2. The van der Waals surface area contributed by atoms with E-state index in [0.29, 0.717) is 13.2 Å². The Bertz CT molecular complexity index is 544. The van der Waals surface area contributed by atoms with E-state index in [-0.39, 0.29) is 17.5 Å². The van der Waals surface area contributed by atoms with Gasteiger partial charge in [0, 0.05) is 28.3 Å². The van der Waals surface area contributed by atoms with E-state index in [2.05, 4.69) is 4.98 Å². The molecule has 3 rings (SSSR count). The van der Waals surface area contributed by atoms with E-state index in [0.717, 1.165) is 15.9 Å². The minimum atomic E-state index is -0.465.